The van der Waals surface area contributed by atoms with Gasteiger partial charge in [0, 0.05) is 23.9 Å². The highest BCUT2D eigenvalue weighted by Crippen LogP contribution is 2.34. The molecule has 5 aromatic rings. The SMILES string of the molecule is FC(F)(F)c1ccc(-c2cn(-c3ccccc3)c(Cc3ccc(-c4ccc(C5CCCCC5)cc4)cc3)n2)cc1. The van der Waals surface area contributed by atoms with Gasteiger partial charge >= 0.3 is 6.18 Å². The molecule has 1 fully saturated rings. The van der Waals surface area contributed by atoms with Crippen LogP contribution in [-0.2, 0) is 12.6 Å². The first kappa shape index (κ1) is 26.1. The van der Waals surface area contributed by atoms with Crippen LogP contribution in [0.3, 0.4) is 0 Å². The van der Waals surface area contributed by atoms with Crippen LogP contribution in [0.2, 0.25) is 0 Å². The van der Waals surface area contributed by atoms with Gasteiger partial charge in [-0.2, -0.15) is 13.2 Å². The van der Waals surface area contributed by atoms with E-state index >= 15 is 0 Å². The second kappa shape index (κ2) is 11.2. The summed E-state index contributed by atoms with van der Waals surface area (Å²) in [5.41, 5.74) is 6.54. The van der Waals surface area contributed by atoms with E-state index in [4.69, 9.17) is 4.98 Å². The Morgan fingerprint density at radius 2 is 1.27 bits per heavy atom. The van der Waals surface area contributed by atoms with E-state index in [-0.39, 0.29) is 0 Å². The Hall–Kier alpha value is -4.12. The van der Waals surface area contributed by atoms with E-state index in [1.165, 1.54) is 60.9 Å². The summed E-state index contributed by atoms with van der Waals surface area (Å²) < 4.78 is 41.2. The zero-order valence-corrected chi connectivity index (χ0v) is 22.2. The minimum atomic E-state index is -4.36. The minimum absolute atomic E-state index is 0.594. The molecule has 202 valence electrons. The van der Waals surface area contributed by atoms with Crippen molar-refractivity contribution >= 4 is 0 Å². The van der Waals surface area contributed by atoms with Gasteiger partial charge in [0.05, 0.1) is 11.3 Å². The lowest BCUT2D eigenvalue weighted by atomic mass is 9.83. The average molecular weight is 537 g/mol. The van der Waals surface area contributed by atoms with Crippen LogP contribution in [-0.4, -0.2) is 9.55 Å². The van der Waals surface area contributed by atoms with Crippen molar-refractivity contribution < 1.29 is 13.2 Å². The summed E-state index contributed by atoms with van der Waals surface area (Å²) >= 11 is 0. The van der Waals surface area contributed by atoms with Crippen molar-refractivity contribution in [3.05, 3.63) is 132 Å². The topological polar surface area (TPSA) is 17.8 Å². The van der Waals surface area contributed by atoms with Crippen LogP contribution < -0.4 is 0 Å². The highest BCUT2D eigenvalue weighted by atomic mass is 19.4. The second-order valence-corrected chi connectivity index (χ2v) is 10.7. The summed E-state index contributed by atoms with van der Waals surface area (Å²) in [5.74, 6) is 1.52. The Balaban J connectivity index is 1.24. The molecule has 0 amide bonds. The summed E-state index contributed by atoms with van der Waals surface area (Å²) in [4.78, 5) is 4.86. The van der Waals surface area contributed by atoms with Gasteiger partial charge in [-0.15, -0.1) is 0 Å². The normalized spacial score (nSPS) is 14.4. The zero-order chi connectivity index (χ0) is 27.5. The van der Waals surface area contributed by atoms with Gasteiger partial charge in [0.15, 0.2) is 0 Å². The zero-order valence-electron chi connectivity index (χ0n) is 22.2. The fraction of sp³-hybridized carbons (Fsp3) is 0.229. The fourth-order valence-corrected chi connectivity index (χ4v) is 5.71. The number of nitrogens with zero attached hydrogens (tertiary/aromatic N) is 2. The first-order valence-electron chi connectivity index (χ1n) is 13.9. The van der Waals surface area contributed by atoms with E-state index in [9.17, 15) is 13.2 Å². The number of aromatic nitrogens is 2. The largest absolute Gasteiger partial charge is 0.416 e. The molecule has 1 heterocycles. The summed E-state index contributed by atoms with van der Waals surface area (Å²) in [7, 11) is 0. The predicted octanol–water partition coefficient (Wildman–Crippen LogP) is 9.86. The third-order valence-corrected chi connectivity index (χ3v) is 7.96. The molecule has 0 radical (unpaired) electrons. The summed E-state index contributed by atoms with van der Waals surface area (Å²) in [6, 6.07) is 32.7. The standard InChI is InChI=1S/C35H31F3N2/c36-35(37,38)31-21-19-30(20-22-31)33-24-40(32-9-5-2-6-10-32)34(39-33)23-25-11-13-27(14-12-25)29-17-15-28(16-18-29)26-7-3-1-4-8-26/h2,5-6,9-22,24,26H,1,3-4,7-8,23H2. The molecule has 0 unspecified atom stereocenters. The molecule has 1 aliphatic rings. The van der Waals surface area contributed by atoms with Gasteiger partial charge < -0.3 is 4.57 Å². The molecule has 0 saturated heterocycles. The Morgan fingerprint density at radius 1 is 0.675 bits per heavy atom. The van der Waals surface area contributed by atoms with E-state index in [1.54, 1.807) is 0 Å². The molecule has 0 bridgehead atoms. The summed E-state index contributed by atoms with van der Waals surface area (Å²) in [5, 5.41) is 0. The number of halogens is 3. The van der Waals surface area contributed by atoms with Crippen molar-refractivity contribution in [2.45, 2.75) is 50.6 Å². The van der Waals surface area contributed by atoms with Crippen LogP contribution in [0.1, 0.15) is 60.5 Å². The van der Waals surface area contributed by atoms with Crippen molar-refractivity contribution in [1.82, 2.24) is 9.55 Å². The smallest absolute Gasteiger partial charge is 0.303 e. The van der Waals surface area contributed by atoms with Crippen LogP contribution in [0.4, 0.5) is 13.2 Å². The third-order valence-electron chi connectivity index (χ3n) is 7.96. The first-order chi connectivity index (χ1) is 19.4. The molecule has 1 aromatic heterocycles. The third kappa shape index (κ3) is 5.74. The fourth-order valence-electron chi connectivity index (χ4n) is 5.71. The maximum absolute atomic E-state index is 13.1. The molecule has 6 rings (SSSR count). The van der Waals surface area contributed by atoms with Gasteiger partial charge in [0.2, 0.25) is 0 Å². The monoisotopic (exact) mass is 536 g/mol. The van der Waals surface area contributed by atoms with Crippen molar-refractivity contribution in [3.8, 4) is 28.1 Å². The highest BCUT2D eigenvalue weighted by Gasteiger charge is 2.30. The molecule has 2 nitrogen and oxygen atoms in total. The lowest BCUT2D eigenvalue weighted by Crippen LogP contribution is -2.04. The van der Waals surface area contributed by atoms with Crippen molar-refractivity contribution in [2.24, 2.45) is 0 Å². The molecule has 0 N–H and O–H groups in total. The number of benzene rings is 4. The lowest BCUT2D eigenvalue weighted by Gasteiger charge is -2.22. The Labute approximate surface area is 233 Å². The molecular formula is C35H31F3N2. The summed E-state index contributed by atoms with van der Waals surface area (Å²) in [6.45, 7) is 0. The van der Waals surface area contributed by atoms with Crippen molar-refractivity contribution in [2.75, 3.05) is 0 Å². The number of imidazole rings is 1. The Morgan fingerprint density at radius 3 is 1.90 bits per heavy atom. The van der Waals surface area contributed by atoms with Gasteiger partial charge in [-0.25, -0.2) is 4.98 Å². The second-order valence-electron chi connectivity index (χ2n) is 10.7. The lowest BCUT2D eigenvalue weighted by molar-refractivity contribution is -0.137. The summed E-state index contributed by atoms with van der Waals surface area (Å²) in [6.07, 6.45) is 4.76. The first-order valence-corrected chi connectivity index (χ1v) is 13.9. The molecule has 0 atom stereocenters. The van der Waals surface area contributed by atoms with Crippen molar-refractivity contribution in [3.63, 3.8) is 0 Å². The highest BCUT2D eigenvalue weighted by molar-refractivity contribution is 5.64. The molecule has 5 heteroatoms. The van der Waals surface area contributed by atoms with Gasteiger partial charge in [-0.1, -0.05) is 98.1 Å². The molecule has 1 aliphatic carbocycles. The van der Waals surface area contributed by atoms with Gasteiger partial charge in [0.25, 0.3) is 0 Å². The number of rotatable bonds is 6. The van der Waals surface area contributed by atoms with Crippen LogP contribution in [0.5, 0.6) is 0 Å². The number of hydrogen-bond acceptors (Lipinski definition) is 1. The quantitative estimate of drug-likeness (QED) is 0.211. The van der Waals surface area contributed by atoms with Crippen LogP contribution in [0.15, 0.2) is 109 Å². The molecule has 40 heavy (non-hydrogen) atoms. The van der Waals surface area contributed by atoms with E-state index in [1.807, 2.05) is 41.1 Å². The van der Waals surface area contributed by atoms with Gasteiger partial charge in [0.1, 0.15) is 5.82 Å². The van der Waals surface area contributed by atoms with E-state index in [0.717, 1.165) is 29.2 Å². The van der Waals surface area contributed by atoms with E-state index in [2.05, 4.69) is 48.5 Å². The molecule has 4 aromatic carbocycles. The van der Waals surface area contributed by atoms with Crippen LogP contribution >= 0.6 is 0 Å². The van der Waals surface area contributed by atoms with Crippen molar-refractivity contribution in [1.29, 1.82) is 0 Å². The van der Waals surface area contributed by atoms with Gasteiger partial charge in [-0.05, 0) is 65.3 Å². The van der Waals surface area contributed by atoms with Gasteiger partial charge in [-0.3, -0.25) is 0 Å². The maximum atomic E-state index is 13.1. The Bertz CT molecular complexity index is 1540. The maximum Gasteiger partial charge on any atom is 0.416 e. The number of para-hydroxylation sites is 1. The van der Waals surface area contributed by atoms with E-state index < -0.39 is 11.7 Å². The number of alkyl halides is 3. The molecule has 0 spiro atoms. The van der Waals surface area contributed by atoms with Crippen LogP contribution in [0, 0.1) is 0 Å². The molecular weight excluding hydrogens is 505 g/mol. The minimum Gasteiger partial charge on any atom is -0.303 e. The molecule has 1 saturated carbocycles. The number of hydrogen-bond donors (Lipinski definition) is 0. The average Bonchev–Trinajstić information content (AvgIpc) is 3.42. The predicted molar refractivity (Wildman–Crippen MR) is 155 cm³/mol. The Kier molecular flexibility index (Phi) is 7.29. The van der Waals surface area contributed by atoms with Crippen LogP contribution in [0.25, 0.3) is 28.1 Å². The van der Waals surface area contributed by atoms with E-state index in [0.29, 0.717) is 23.6 Å². The molecule has 0 aliphatic heterocycles.